The number of nitrogens with zero attached hydrogens (tertiary/aromatic N) is 5. The van der Waals surface area contributed by atoms with E-state index in [1.807, 2.05) is 49.1 Å². The van der Waals surface area contributed by atoms with Crippen LogP contribution in [0.15, 0.2) is 34.8 Å². The number of carbonyl (C=O) groups excluding carboxylic acids is 1. The van der Waals surface area contributed by atoms with Crippen molar-refractivity contribution >= 4 is 27.6 Å². The van der Waals surface area contributed by atoms with Crippen molar-refractivity contribution in [1.29, 1.82) is 0 Å². The van der Waals surface area contributed by atoms with Gasteiger partial charge in [-0.15, -0.1) is 5.10 Å². The molecule has 1 aliphatic rings. The molecule has 1 fully saturated rings. The largest absolute Gasteiger partial charge is 0.329 e. The summed E-state index contributed by atoms with van der Waals surface area (Å²) in [5.74, 6) is 0.548. The molecule has 4 rings (SSSR count). The molecule has 2 heterocycles. The van der Waals surface area contributed by atoms with Gasteiger partial charge in [-0.25, -0.2) is 9.50 Å². The van der Waals surface area contributed by atoms with Gasteiger partial charge in [-0.2, -0.15) is 4.98 Å². The maximum absolute atomic E-state index is 13.0. The molecule has 0 unspecified atom stereocenters. The minimum atomic E-state index is -0.134. The summed E-state index contributed by atoms with van der Waals surface area (Å²) in [7, 11) is 0. The van der Waals surface area contributed by atoms with E-state index >= 15 is 0 Å². The molecule has 7 heteroatoms. The number of aryl methyl sites for hydroxylation is 2. The molecule has 0 N–H and O–H groups in total. The van der Waals surface area contributed by atoms with Crippen LogP contribution in [0.3, 0.4) is 0 Å². The van der Waals surface area contributed by atoms with Gasteiger partial charge in [0.15, 0.2) is 0 Å². The molecule has 0 spiro atoms. The molecule has 1 aliphatic carbocycles. The number of aromatic nitrogens is 4. The van der Waals surface area contributed by atoms with E-state index < -0.39 is 0 Å². The highest BCUT2D eigenvalue weighted by Crippen LogP contribution is 2.30. The van der Waals surface area contributed by atoms with E-state index in [2.05, 4.69) is 31.0 Å². The fraction of sp³-hybridized carbons (Fsp3) is 0.333. The van der Waals surface area contributed by atoms with Gasteiger partial charge in [0.05, 0.1) is 0 Å². The summed E-state index contributed by atoms with van der Waals surface area (Å²) < 4.78 is 2.64. The number of rotatable bonds is 4. The van der Waals surface area contributed by atoms with Crippen molar-refractivity contribution in [1.82, 2.24) is 24.5 Å². The Morgan fingerprint density at radius 3 is 2.80 bits per heavy atom. The monoisotopic (exact) mass is 399 g/mol. The smallest absolute Gasteiger partial charge is 0.294 e. The maximum atomic E-state index is 13.0. The highest BCUT2D eigenvalue weighted by atomic mass is 79.9. The molecular weight excluding hydrogens is 382 g/mol. The lowest BCUT2D eigenvalue weighted by Crippen LogP contribution is -2.33. The van der Waals surface area contributed by atoms with Gasteiger partial charge in [0, 0.05) is 28.4 Å². The molecule has 1 amide bonds. The molecule has 0 atom stereocenters. The van der Waals surface area contributed by atoms with Gasteiger partial charge in [-0.3, -0.25) is 4.79 Å². The fourth-order valence-electron chi connectivity index (χ4n) is 2.97. The Bertz CT molecular complexity index is 963. The summed E-state index contributed by atoms with van der Waals surface area (Å²) in [5, 5.41) is 4.39. The third-order valence-electron chi connectivity index (χ3n) is 4.30. The average molecular weight is 400 g/mol. The lowest BCUT2D eigenvalue weighted by molar-refractivity contribution is 0.0717. The lowest BCUT2D eigenvalue weighted by Gasteiger charge is -2.21. The van der Waals surface area contributed by atoms with Crippen LogP contribution in [-0.2, 0) is 6.54 Å². The summed E-state index contributed by atoms with van der Waals surface area (Å²) in [6, 6.07) is 10.2. The van der Waals surface area contributed by atoms with E-state index in [4.69, 9.17) is 0 Å². The Balaban J connectivity index is 1.66. The van der Waals surface area contributed by atoms with E-state index in [-0.39, 0.29) is 17.8 Å². The van der Waals surface area contributed by atoms with Crippen LogP contribution >= 0.6 is 15.9 Å². The van der Waals surface area contributed by atoms with Gasteiger partial charge in [-0.05, 0) is 50.5 Å². The number of amides is 1. The van der Waals surface area contributed by atoms with Gasteiger partial charge >= 0.3 is 0 Å². The predicted octanol–water partition coefficient (Wildman–Crippen LogP) is 3.31. The van der Waals surface area contributed by atoms with Crippen molar-refractivity contribution in [2.75, 3.05) is 0 Å². The number of carbonyl (C=O) groups is 1. The van der Waals surface area contributed by atoms with Crippen LogP contribution in [0, 0.1) is 13.8 Å². The molecule has 2 aromatic heterocycles. The molecule has 3 aromatic rings. The summed E-state index contributed by atoms with van der Waals surface area (Å²) in [4.78, 5) is 23.6. The Kier molecular flexibility index (Phi) is 4.03. The third-order valence-corrected chi connectivity index (χ3v) is 4.79. The van der Waals surface area contributed by atoms with Crippen LogP contribution in [0.2, 0.25) is 0 Å². The lowest BCUT2D eigenvalue weighted by atomic mass is 10.2. The minimum absolute atomic E-state index is 0.134. The first-order valence-corrected chi connectivity index (χ1v) is 9.07. The molecule has 0 saturated heterocycles. The first-order valence-electron chi connectivity index (χ1n) is 8.28. The van der Waals surface area contributed by atoms with E-state index in [1.165, 1.54) is 0 Å². The van der Waals surface area contributed by atoms with E-state index in [0.717, 1.165) is 34.3 Å². The summed E-state index contributed by atoms with van der Waals surface area (Å²) in [5.41, 5.74) is 2.87. The van der Waals surface area contributed by atoms with Gasteiger partial charge in [0.2, 0.25) is 5.82 Å². The number of fused-ring (bicyclic) bond motifs is 1. The second-order valence-electron chi connectivity index (χ2n) is 6.48. The average Bonchev–Trinajstić information content (AvgIpc) is 3.31. The fourth-order valence-corrected chi connectivity index (χ4v) is 3.42. The third kappa shape index (κ3) is 3.28. The topological polar surface area (TPSA) is 63.4 Å². The van der Waals surface area contributed by atoms with Gasteiger partial charge < -0.3 is 4.90 Å². The van der Waals surface area contributed by atoms with Crippen molar-refractivity contribution < 1.29 is 4.79 Å². The van der Waals surface area contributed by atoms with Crippen LogP contribution in [0.4, 0.5) is 0 Å². The minimum Gasteiger partial charge on any atom is -0.329 e. The van der Waals surface area contributed by atoms with Crippen molar-refractivity contribution in [3.63, 3.8) is 0 Å². The molecule has 25 heavy (non-hydrogen) atoms. The Labute approximate surface area is 154 Å². The molecule has 0 bridgehead atoms. The molecule has 1 aromatic carbocycles. The van der Waals surface area contributed by atoms with Crippen molar-refractivity contribution in [2.45, 2.75) is 39.3 Å². The quantitative estimate of drug-likeness (QED) is 0.674. The number of hydrogen-bond donors (Lipinski definition) is 0. The number of hydrogen-bond acceptors (Lipinski definition) is 4. The van der Waals surface area contributed by atoms with Crippen molar-refractivity contribution in [3.05, 3.63) is 57.6 Å². The number of halogens is 1. The van der Waals surface area contributed by atoms with Crippen LogP contribution in [-0.4, -0.2) is 36.4 Å². The second-order valence-corrected chi connectivity index (χ2v) is 7.40. The van der Waals surface area contributed by atoms with E-state index in [1.54, 1.807) is 4.52 Å². The van der Waals surface area contributed by atoms with E-state index in [0.29, 0.717) is 12.3 Å². The van der Waals surface area contributed by atoms with Crippen molar-refractivity contribution in [2.24, 2.45) is 0 Å². The van der Waals surface area contributed by atoms with Gasteiger partial charge in [-0.1, -0.05) is 28.1 Å². The summed E-state index contributed by atoms with van der Waals surface area (Å²) in [6.07, 6.45) is 2.06. The Morgan fingerprint density at radius 1 is 1.28 bits per heavy atom. The van der Waals surface area contributed by atoms with Crippen LogP contribution < -0.4 is 0 Å². The molecule has 1 saturated carbocycles. The standard InChI is InChI=1S/C18H18BrN5O/c1-11-8-12(2)24-18(20-11)21-16(22-24)17(25)23(15-6-7-15)10-13-4-3-5-14(19)9-13/h3-5,8-9,15H,6-7,10H2,1-2H3. The van der Waals surface area contributed by atoms with E-state index in [9.17, 15) is 4.79 Å². The van der Waals surface area contributed by atoms with Crippen LogP contribution in [0.25, 0.3) is 5.78 Å². The second kappa shape index (κ2) is 6.22. The van der Waals surface area contributed by atoms with Gasteiger partial charge in [0.1, 0.15) is 0 Å². The zero-order chi connectivity index (χ0) is 17.6. The molecular formula is C18H18BrN5O. The SMILES string of the molecule is Cc1cc(C)n2nc(C(=O)N(Cc3cccc(Br)c3)C3CC3)nc2n1. The van der Waals surface area contributed by atoms with Gasteiger partial charge in [0.25, 0.3) is 11.7 Å². The zero-order valence-electron chi connectivity index (χ0n) is 14.1. The Morgan fingerprint density at radius 2 is 2.08 bits per heavy atom. The first kappa shape index (κ1) is 16.2. The first-order chi connectivity index (χ1) is 12.0. The predicted molar refractivity (Wildman–Crippen MR) is 97.3 cm³/mol. The zero-order valence-corrected chi connectivity index (χ0v) is 15.7. The highest BCUT2D eigenvalue weighted by Gasteiger charge is 2.35. The maximum Gasteiger partial charge on any atom is 0.294 e. The van der Waals surface area contributed by atoms with Crippen molar-refractivity contribution in [3.8, 4) is 0 Å². The molecule has 0 radical (unpaired) electrons. The molecule has 0 aliphatic heterocycles. The normalized spacial score (nSPS) is 14.0. The van der Waals surface area contributed by atoms with Crippen LogP contribution in [0.5, 0.6) is 0 Å². The summed E-state index contributed by atoms with van der Waals surface area (Å²) in [6.45, 7) is 4.40. The number of benzene rings is 1. The molecule has 128 valence electrons. The Hall–Kier alpha value is -2.28. The van der Waals surface area contributed by atoms with Crippen LogP contribution in [0.1, 0.15) is 40.4 Å². The highest BCUT2D eigenvalue weighted by molar-refractivity contribution is 9.10. The molecule has 6 nitrogen and oxygen atoms in total. The summed E-state index contributed by atoms with van der Waals surface area (Å²) >= 11 is 3.48.